The number of hydrogen-bond acceptors (Lipinski definition) is 3. The van der Waals surface area contributed by atoms with Gasteiger partial charge >= 0.3 is 6.18 Å². The summed E-state index contributed by atoms with van der Waals surface area (Å²) in [7, 11) is 0. The fourth-order valence-electron chi connectivity index (χ4n) is 3.56. The molecule has 1 aromatic heterocycles. The number of nitrogens with one attached hydrogen (secondary N) is 1. The lowest BCUT2D eigenvalue weighted by atomic mass is 10.1. The van der Waals surface area contributed by atoms with Gasteiger partial charge in [0.1, 0.15) is 5.69 Å². The van der Waals surface area contributed by atoms with E-state index in [1.165, 1.54) is 4.90 Å². The van der Waals surface area contributed by atoms with Crippen molar-refractivity contribution in [2.45, 2.75) is 38.5 Å². The van der Waals surface area contributed by atoms with Crippen LogP contribution in [0.2, 0.25) is 5.02 Å². The predicted octanol–water partition coefficient (Wildman–Crippen LogP) is 4.21. The molecule has 152 valence electrons. The molecule has 3 rings (SSSR count). The smallest absolute Gasteiger partial charge is 0.331 e. The maximum absolute atomic E-state index is 13.0. The Balaban J connectivity index is 1.85. The second kappa shape index (κ2) is 8.53. The van der Waals surface area contributed by atoms with Gasteiger partial charge in [-0.3, -0.25) is 14.8 Å². The first-order valence-electron chi connectivity index (χ1n) is 9.19. The zero-order chi connectivity index (χ0) is 20.3. The summed E-state index contributed by atoms with van der Waals surface area (Å²) in [6.07, 6.45) is -2.61. The molecule has 1 unspecified atom stereocenters. The van der Waals surface area contributed by atoms with E-state index in [9.17, 15) is 18.0 Å². The van der Waals surface area contributed by atoms with E-state index in [1.807, 2.05) is 11.2 Å². The first-order valence-corrected chi connectivity index (χ1v) is 9.56. The van der Waals surface area contributed by atoms with Gasteiger partial charge in [-0.25, -0.2) is 0 Å². The minimum atomic E-state index is -4.58. The van der Waals surface area contributed by atoms with Crippen LogP contribution in [0.1, 0.15) is 41.5 Å². The highest BCUT2D eigenvalue weighted by Crippen LogP contribution is 2.28. The Hall–Kier alpha value is -2.06. The number of alkyl halides is 3. The van der Waals surface area contributed by atoms with E-state index in [0.717, 1.165) is 37.6 Å². The van der Waals surface area contributed by atoms with Crippen molar-refractivity contribution in [2.24, 2.45) is 0 Å². The highest BCUT2D eigenvalue weighted by atomic mass is 35.5. The van der Waals surface area contributed by atoms with Gasteiger partial charge < -0.3 is 4.90 Å². The van der Waals surface area contributed by atoms with Gasteiger partial charge in [-0.05, 0) is 37.6 Å². The standard InChI is InChI=1S/C19H22ClF3N4O/c1-2-26-9-5-7-14(26)12-27(11-13-6-3-4-8-15(13)20)18(28)16-10-17(25-24-16)19(21,22)23/h3-4,6,8,10,14H,2,5,7,9,11-12H2,1H3,(H,24,25). The molecule has 1 saturated heterocycles. The second-order valence-electron chi connectivity index (χ2n) is 6.87. The van der Waals surface area contributed by atoms with E-state index in [-0.39, 0.29) is 18.3 Å². The van der Waals surface area contributed by atoms with E-state index in [2.05, 4.69) is 16.9 Å². The monoisotopic (exact) mass is 414 g/mol. The van der Waals surface area contributed by atoms with E-state index < -0.39 is 17.8 Å². The lowest BCUT2D eigenvalue weighted by Gasteiger charge is -2.30. The van der Waals surface area contributed by atoms with E-state index in [1.54, 1.807) is 18.2 Å². The highest BCUT2D eigenvalue weighted by molar-refractivity contribution is 6.31. The quantitative estimate of drug-likeness (QED) is 0.770. The Morgan fingerprint density at radius 2 is 2.14 bits per heavy atom. The number of hydrogen-bond donors (Lipinski definition) is 1. The van der Waals surface area contributed by atoms with Gasteiger partial charge in [-0.2, -0.15) is 18.3 Å². The second-order valence-corrected chi connectivity index (χ2v) is 7.27. The SMILES string of the molecule is CCN1CCCC1CN(Cc1ccccc1Cl)C(=O)c1cc(C(F)(F)F)[nH]n1. The first-order chi connectivity index (χ1) is 13.3. The van der Waals surface area contributed by atoms with Gasteiger partial charge in [-0.1, -0.05) is 36.7 Å². The predicted molar refractivity (Wildman–Crippen MR) is 100 cm³/mol. The van der Waals surface area contributed by atoms with Crippen molar-refractivity contribution in [3.8, 4) is 0 Å². The summed E-state index contributed by atoms with van der Waals surface area (Å²) in [5, 5.41) is 6.02. The molecule has 5 nitrogen and oxygen atoms in total. The van der Waals surface area contributed by atoms with Crippen LogP contribution < -0.4 is 0 Å². The number of benzene rings is 1. The number of likely N-dealkylation sites (tertiary alicyclic amines) is 1. The molecule has 28 heavy (non-hydrogen) atoms. The fourth-order valence-corrected chi connectivity index (χ4v) is 3.76. The number of halogens is 4. The number of likely N-dealkylation sites (N-methyl/N-ethyl adjacent to an activating group) is 1. The number of nitrogens with zero attached hydrogens (tertiary/aromatic N) is 3. The summed E-state index contributed by atoms with van der Waals surface area (Å²) in [6, 6.07) is 8.06. The van der Waals surface area contributed by atoms with Crippen LogP contribution in [0.25, 0.3) is 0 Å². The van der Waals surface area contributed by atoms with Gasteiger partial charge in [0.25, 0.3) is 5.91 Å². The molecule has 2 heterocycles. The molecule has 2 aromatic rings. The Morgan fingerprint density at radius 3 is 2.79 bits per heavy atom. The minimum absolute atomic E-state index is 0.164. The van der Waals surface area contributed by atoms with Gasteiger partial charge in [0.05, 0.1) is 0 Å². The number of carbonyl (C=O) groups excluding carboxylic acids is 1. The zero-order valence-electron chi connectivity index (χ0n) is 15.5. The van der Waals surface area contributed by atoms with Crippen molar-refractivity contribution in [1.82, 2.24) is 20.0 Å². The maximum Gasteiger partial charge on any atom is 0.432 e. The van der Waals surface area contributed by atoms with Crippen molar-refractivity contribution in [3.63, 3.8) is 0 Å². The third-order valence-electron chi connectivity index (χ3n) is 5.05. The number of aromatic amines is 1. The van der Waals surface area contributed by atoms with Crippen molar-refractivity contribution in [1.29, 1.82) is 0 Å². The Morgan fingerprint density at radius 1 is 1.39 bits per heavy atom. The fraction of sp³-hybridized carbons (Fsp3) is 0.474. The minimum Gasteiger partial charge on any atom is -0.331 e. The topological polar surface area (TPSA) is 52.2 Å². The number of aromatic nitrogens is 2. The zero-order valence-corrected chi connectivity index (χ0v) is 16.2. The molecule has 0 radical (unpaired) electrons. The first kappa shape index (κ1) is 20.7. The summed E-state index contributed by atoms with van der Waals surface area (Å²) in [6.45, 7) is 4.49. The highest BCUT2D eigenvalue weighted by Gasteiger charge is 2.35. The van der Waals surface area contributed by atoms with Crippen LogP contribution >= 0.6 is 11.6 Å². The lowest BCUT2D eigenvalue weighted by molar-refractivity contribution is -0.141. The van der Waals surface area contributed by atoms with Gasteiger partial charge in [0, 0.05) is 30.2 Å². The molecule has 9 heteroatoms. The van der Waals surface area contributed by atoms with E-state index in [0.29, 0.717) is 11.6 Å². The molecule has 0 spiro atoms. The van der Waals surface area contributed by atoms with Crippen LogP contribution in [-0.4, -0.2) is 51.6 Å². The van der Waals surface area contributed by atoms with Crippen molar-refractivity contribution < 1.29 is 18.0 Å². The Kier molecular flexibility index (Phi) is 6.30. The largest absolute Gasteiger partial charge is 0.432 e. The maximum atomic E-state index is 13.0. The van der Waals surface area contributed by atoms with Gasteiger partial charge in [0.2, 0.25) is 0 Å². The molecule has 0 aliphatic carbocycles. The molecule has 1 aliphatic heterocycles. The van der Waals surface area contributed by atoms with Crippen molar-refractivity contribution >= 4 is 17.5 Å². The van der Waals surface area contributed by atoms with Crippen LogP contribution in [-0.2, 0) is 12.7 Å². The van der Waals surface area contributed by atoms with Crippen LogP contribution in [0.15, 0.2) is 30.3 Å². The van der Waals surface area contributed by atoms with Crippen molar-refractivity contribution in [3.05, 3.63) is 52.3 Å². The van der Waals surface area contributed by atoms with Crippen LogP contribution in [0.5, 0.6) is 0 Å². The average molecular weight is 415 g/mol. The number of rotatable bonds is 6. The Bertz CT molecular complexity index is 824. The van der Waals surface area contributed by atoms with Crippen LogP contribution in [0.3, 0.4) is 0 Å². The average Bonchev–Trinajstić information content (AvgIpc) is 3.31. The van der Waals surface area contributed by atoms with Crippen LogP contribution in [0, 0.1) is 0 Å². The molecule has 1 atom stereocenters. The van der Waals surface area contributed by atoms with E-state index >= 15 is 0 Å². The lowest BCUT2D eigenvalue weighted by Crippen LogP contribution is -2.42. The molecule has 0 bridgehead atoms. The van der Waals surface area contributed by atoms with Crippen LogP contribution in [0.4, 0.5) is 13.2 Å². The number of amides is 1. The van der Waals surface area contributed by atoms with E-state index in [4.69, 9.17) is 11.6 Å². The number of H-pyrrole nitrogens is 1. The summed E-state index contributed by atoms with van der Waals surface area (Å²) in [4.78, 5) is 16.8. The molecular formula is C19H22ClF3N4O. The van der Waals surface area contributed by atoms with Gasteiger partial charge in [-0.15, -0.1) is 0 Å². The van der Waals surface area contributed by atoms with Gasteiger partial charge in [0.15, 0.2) is 5.69 Å². The molecule has 1 aliphatic rings. The summed E-state index contributed by atoms with van der Waals surface area (Å²) in [5.41, 5.74) is -0.546. The summed E-state index contributed by atoms with van der Waals surface area (Å²) >= 11 is 6.24. The molecular weight excluding hydrogens is 393 g/mol. The normalized spacial score (nSPS) is 17.8. The molecule has 1 fully saturated rings. The third kappa shape index (κ3) is 4.67. The molecule has 1 amide bonds. The molecule has 0 saturated carbocycles. The Labute approximate surface area is 166 Å². The molecule has 1 aromatic carbocycles. The summed E-state index contributed by atoms with van der Waals surface area (Å²) < 4.78 is 38.6. The van der Waals surface area contributed by atoms with Crippen molar-refractivity contribution in [2.75, 3.05) is 19.6 Å². The number of carbonyl (C=O) groups is 1. The molecule has 1 N–H and O–H groups in total. The summed E-state index contributed by atoms with van der Waals surface area (Å²) in [5.74, 6) is -0.547. The third-order valence-corrected chi connectivity index (χ3v) is 5.41.